The van der Waals surface area contributed by atoms with Crippen LogP contribution >= 0.6 is 0 Å². The molecule has 0 aliphatic heterocycles. The molecule has 0 aromatic heterocycles. The molecule has 0 atom stereocenters. The molecule has 0 heterocycles. The van der Waals surface area contributed by atoms with Crippen LogP contribution in [0, 0.1) is 5.92 Å². The summed E-state index contributed by atoms with van der Waals surface area (Å²) in [5, 5.41) is 3.56. The standard InChI is InChI=1S/C14H33N3/c1-8-15-14(4,5)12-17(11-13(2)3)10-9-16(6)7/h13,15H,8-12H2,1-7H3. The maximum absolute atomic E-state index is 3.56. The van der Waals surface area contributed by atoms with Gasteiger partial charge < -0.3 is 15.1 Å². The van der Waals surface area contributed by atoms with Gasteiger partial charge in [-0.15, -0.1) is 0 Å². The van der Waals surface area contributed by atoms with Gasteiger partial charge in [0.1, 0.15) is 0 Å². The highest BCUT2D eigenvalue weighted by molar-refractivity contribution is 4.81. The largest absolute Gasteiger partial charge is 0.311 e. The predicted octanol–water partition coefficient (Wildman–Crippen LogP) is 1.89. The van der Waals surface area contributed by atoms with E-state index in [9.17, 15) is 0 Å². The minimum Gasteiger partial charge on any atom is -0.311 e. The van der Waals surface area contributed by atoms with Crippen LogP contribution in [0.4, 0.5) is 0 Å². The van der Waals surface area contributed by atoms with Gasteiger partial charge in [0.2, 0.25) is 0 Å². The average Bonchev–Trinajstić information content (AvgIpc) is 2.12. The molecule has 0 spiro atoms. The van der Waals surface area contributed by atoms with Gasteiger partial charge in [-0.1, -0.05) is 20.8 Å². The molecule has 0 unspecified atom stereocenters. The first-order valence-electron chi connectivity index (χ1n) is 6.89. The van der Waals surface area contributed by atoms with Crippen LogP contribution < -0.4 is 5.32 Å². The summed E-state index contributed by atoms with van der Waals surface area (Å²) in [6.45, 7) is 17.0. The molecule has 0 bridgehead atoms. The molecule has 0 radical (unpaired) electrons. The summed E-state index contributed by atoms with van der Waals surface area (Å²) in [4.78, 5) is 4.83. The first kappa shape index (κ1) is 16.9. The molecule has 0 saturated heterocycles. The Kier molecular flexibility index (Phi) is 8.01. The fourth-order valence-corrected chi connectivity index (χ4v) is 2.19. The van der Waals surface area contributed by atoms with E-state index in [2.05, 4.69) is 63.8 Å². The Morgan fingerprint density at radius 1 is 1.12 bits per heavy atom. The van der Waals surface area contributed by atoms with E-state index in [4.69, 9.17) is 0 Å². The van der Waals surface area contributed by atoms with Crippen molar-refractivity contribution in [1.29, 1.82) is 0 Å². The third-order valence-corrected chi connectivity index (χ3v) is 2.76. The number of hydrogen-bond acceptors (Lipinski definition) is 3. The molecule has 0 rings (SSSR count). The van der Waals surface area contributed by atoms with Crippen molar-refractivity contribution in [1.82, 2.24) is 15.1 Å². The Bertz CT molecular complexity index is 188. The minimum absolute atomic E-state index is 0.204. The fourth-order valence-electron chi connectivity index (χ4n) is 2.19. The van der Waals surface area contributed by atoms with Crippen molar-refractivity contribution in [2.75, 3.05) is 46.8 Å². The third kappa shape index (κ3) is 9.57. The van der Waals surface area contributed by atoms with Gasteiger partial charge in [0.25, 0.3) is 0 Å². The molecule has 0 fully saturated rings. The highest BCUT2D eigenvalue weighted by atomic mass is 15.2. The molecule has 0 saturated carbocycles. The molecule has 3 nitrogen and oxygen atoms in total. The first-order valence-corrected chi connectivity index (χ1v) is 6.89. The summed E-state index contributed by atoms with van der Waals surface area (Å²) in [7, 11) is 4.28. The number of likely N-dealkylation sites (N-methyl/N-ethyl adjacent to an activating group) is 2. The molecule has 0 aromatic carbocycles. The lowest BCUT2D eigenvalue weighted by molar-refractivity contribution is 0.170. The second kappa shape index (κ2) is 8.06. The van der Waals surface area contributed by atoms with Gasteiger partial charge in [0, 0.05) is 31.7 Å². The maximum atomic E-state index is 3.56. The average molecular weight is 243 g/mol. The van der Waals surface area contributed by atoms with E-state index in [-0.39, 0.29) is 5.54 Å². The predicted molar refractivity (Wildman–Crippen MR) is 77.6 cm³/mol. The Morgan fingerprint density at radius 3 is 2.12 bits per heavy atom. The molecule has 17 heavy (non-hydrogen) atoms. The lowest BCUT2D eigenvalue weighted by Gasteiger charge is -2.35. The smallest absolute Gasteiger partial charge is 0.0252 e. The van der Waals surface area contributed by atoms with E-state index >= 15 is 0 Å². The number of hydrogen-bond donors (Lipinski definition) is 1. The zero-order chi connectivity index (χ0) is 13.5. The van der Waals surface area contributed by atoms with Crippen molar-refractivity contribution in [2.45, 2.75) is 40.2 Å². The van der Waals surface area contributed by atoms with E-state index in [0.29, 0.717) is 0 Å². The van der Waals surface area contributed by atoms with Crippen LogP contribution in [-0.2, 0) is 0 Å². The van der Waals surface area contributed by atoms with Crippen molar-refractivity contribution < 1.29 is 0 Å². The van der Waals surface area contributed by atoms with E-state index in [1.54, 1.807) is 0 Å². The Labute approximate surface area is 109 Å². The van der Waals surface area contributed by atoms with Gasteiger partial charge in [0.05, 0.1) is 0 Å². The van der Waals surface area contributed by atoms with Crippen LogP contribution in [0.1, 0.15) is 34.6 Å². The normalized spacial score (nSPS) is 13.1. The van der Waals surface area contributed by atoms with Crippen LogP contribution in [0.2, 0.25) is 0 Å². The van der Waals surface area contributed by atoms with Crippen molar-refractivity contribution in [3.63, 3.8) is 0 Å². The van der Waals surface area contributed by atoms with Crippen LogP contribution in [0.15, 0.2) is 0 Å². The van der Waals surface area contributed by atoms with Crippen LogP contribution in [0.25, 0.3) is 0 Å². The SMILES string of the molecule is CCNC(C)(C)CN(CCN(C)C)CC(C)C. The summed E-state index contributed by atoms with van der Waals surface area (Å²) >= 11 is 0. The van der Waals surface area contributed by atoms with Gasteiger partial charge in [-0.05, 0) is 40.4 Å². The third-order valence-electron chi connectivity index (χ3n) is 2.76. The Morgan fingerprint density at radius 2 is 1.71 bits per heavy atom. The van der Waals surface area contributed by atoms with Crippen LogP contribution in [-0.4, -0.2) is 62.2 Å². The summed E-state index contributed by atoms with van der Waals surface area (Å²) in [6.07, 6.45) is 0. The fraction of sp³-hybridized carbons (Fsp3) is 1.00. The molecule has 0 aliphatic rings. The quantitative estimate of drug-likeness (QED) is 0.667. The van der Waals surface area contributed by atoms with Crippen LogP contribution in [0.3, 0.4) is 0 Å². The van der Waals surface area contributed by atoms with E-state index < -0.39 is 0 Å². The second-order valence-electron chi connectivity index (χ2n) is 6.35. The minimum atomic E-state index is 0.204. The molecule has 3 heteroatoms. The number of nitrogens with zero attached hydrogens (tertiary/aromatic N) is 2. The summed E-state index contributed by atoms with van der Waals surface area (Å²) in [5.41, 5.74) is 0.204. The number of rotatable bonds is 9. The molecular weight excluding hydrogens is 210 g/mol. The van der Waals surface area contributed by atoms with Gasteiger partial charge in [0.15, 0.2) is 0 Å². The molecule has 0 amide bonds. The number of nitrogens with one attached hydrogen (secondary N) is 1. The Balaban J connectivity index is 4.26. The van der Waals surface area contributed by atoms with Gasteiger partial charge in [-0.2, -0.15) is 0 Å². The molecule has 0 aliphatic carbocycles. The summed E-state index contributed by atoms with van der Waals surface area (Å²) in [6, 6.07) is 0. The molecule has 1 N–H and O–H groups in total. The zero-order valence-electron chi connectivity index (χ0n) is 13.0. The first-order chi connectivity index (χ1) is 7.76. The highest BCUT2D eigenvalue weighted by Gasteiger charge is 2.20. The van der Waals surface area contributed by atoms with Gasteiger partial charge in [-0.25, -0.2) is 0 Å². The molecule has 104 valence electrons. The summed E-state index contributed by atoms with van der Waals surface area (Å²) in [5.74, 6) is 0.731. The summed E-state index contributed by atoms with van der Waals surface area (Å²) < 4.78 is 0. The monoisotopic (exact) mass is 243 g/mol. The lowest BCUT2D eigenvalue weighted by atomic mass is 10.0. The second-order valence-corrected chi connectivity index (χ2v) is 6.35. The maximum Gasteiger partial charge on any atom is 0.0252 e. The van der Waals surface area contributed by atoms with Gasteiger partial charge >= 0.3 is 0 Å². The highest BCUT2D eigenvalue weighted by Crippen LogP contribution is 2.08. The zero-order valence-corrected chi connectivity index (χ0v) is 13.0. The van der Waals surface area contributed by atoms with E-state index in [1.165, 1.54) is 6.54 Å². The Hall–Kier alpha value is -0.120. The van der Waals surface area contributed by atoms with Crippen molar-refractivity contribution in [2.24, 2.45) is 5.92 Å². The van der Waals surface area contributed by atoms with Crippen molar-refractivity contribution in [3.8, 4) is 0 Å². The van der Waals surface area contributed by atoms with E-state index in [0.717, 1.165) is 32.1 Å². The van der Waals surface area contributed by atoms with E-state index in [1.807, 2.05) is 0 Å². The molecular formula is C14H33N3. The topological polar surface area (TPSA) is 18.5 Å². The van der Waals surface area contributed by atoms with Gasteiger partial charge in [-0.3, -0.25) is 0 Å². The van der Waals surface area contributed by atoms with Crippen molar-refractivity contribution >= 4 is 0 Å². The lowest BCUT2D eigenvalue weighted by Crippen LogP contribution is -2.50. The van der Waals surface area contributed by atoms with Crippen LogP contribution in [0.5, 0.6) is 0 Å². The van der Waals surface area contributed by atoms with Crippen molar-refractivity contribution in [3.05, 3.63) is 0 Å². The molecule has 0 aromatic rings.